The van der Waals surface area contributed by atoms with Crippen molar-refractivity contribution in [3.8, 4) is 22.8 Å². The summed E-state index contributed by atoms with van der Waals surface area (Å²) in [5, 5.41) is 8.42. The predicted molar refractivity (Wildman–Crippen MR) is 156 cm³/mol. The summed E-state index contributed by atoms with van der Waals surface area (Å²) in [5.41, 5.74) is 1.81. The molecule has 0 spiro atoms. The van der Waals surface area contributed by atoms with E-state index in [1.807, 2.05) is 6.07 Å². The lowest BCUT2D eigenvalue weighted by Crippen LogP contribution is -2.33. The Labute approximate surface area is 238 Å². The highest BCUT2D eigenvalue weighted by atomic mass is 35.5. The van der Waals surface area contributed by atoms with Crippen LogP contribution < -0.4 is 20.1 Å². The normalized spacial score (nSPS) is 19.7. The van der Waals surface area contributed by atoms with Gasteiger partial charge in [-0.05, 0) is 39.5 Å². The van der Waals surface area contributed by atoms with Gasteiger partial charge in [0.2, 0.25) is 5.95 Å². The first-order chi connectivity index (χ1) is 18.9. The lowest BCUT2D eigenvalue weighted by atomic mass is 10.1. The quantitative estimate of drug-likeness (QED) is 0.365. The van der Waals surface area contributed by atoms with Crippen LogP contribution in [0.5, 0.6) is 11.5 Å². The zero-order chi connectivity index (χ0) is 27.5. The molecule has 210 valence electrons. The summed E-state index contributed by atoms with van der Waals surface area (Å²) in [6, 6.07) is 4.32. The van der Waals surface area contributed by atoms with Gasteiger partial charge in [0.1, 0.15) is 17.0 Å². The van der Waals surface area contributed by atoms with Crippen molar-refractivity contribution < 1.29 is 14.2 Å². The van der Waals surface area contributed by atoms with Gasteiger partial charge in [-0.2, -0.15) is 0 Å². The fourth-order valence-corrected chi connectivity index (χ4v) is 5.77. The molecule has 2 aliphatic heterocycles. The maximum Gasteiger partial charge on any atom is 0.223 e. The Hall–Kier alpha value is -2.63. The molecule has 0 bridgehead atoms. The zero-order valence-electron chi connectivity index (χ0n) is 22.8. The van der Waals surface area contributed by atoms with Crippen molar-refractivity contribution in [1.29, 1.82) is 0 Å². The Kier molecular flexibility index (Phi) is 8.78. The van der Waals surface area contributed by atoms with Crippen molar-refractivity contribution in [1.82, 2.24) is 24.8 Å². The summed E-state index contributed by atoms with van der Waals surface area (Å²) in [5.74, 6) is 2.07. The minimum Gasteiger partial charge on any atom is -0.495 e. The standard InChI is InChI=1S/C27H35Cl2N7O3/c1-35(2)18-5-8-36(14-18)9-7-30-26-25-16(13-31-27(34-25)32-17-6-10-39-15-17)11-19(33-26)22-23(28)20(37-3)12-21(38-4)24(22)29/h11-13,17-18H,5-10,14-15H2,1-4H3,(H,30,33)(H,31,32,34). The lowest BCUT2D eigenvalue weighted by molar-refractivity contribution is 0.195. The Morgan fingerprint density at radius 2 is 1.87 bits per heavy atom. The first kappa shape index (κ1) is 27.9. The number of pyridine rings is 1. The van der Waals surface area contributed by atoms with Gasteiger partial charge in [0, 0.05) is 55.5 Å². The molecule has 2 aromatic heterocycles. The van der Waals surface area contributed by atoms with Crippen LogP contribution in [0.3, 0.4) is 0 Å². The number of hydrogen-bond acceptors (Lipinski definition) is 10. The van der Waals surface area contributed by atoms with Gasteiger partial charge in [0.15, 0.2) is 5.82 Å². The lowest BCUT2D eigenvalue weighted by Gasteiger charge is -2.21. The van der Waals surface area contributed by atoms with Gasteiger partial charge < -0.3 is 29.7 Å². The molecule has 0 aliphatic carbocycles. The van der Waals surface area contributed by atoms with E-state index < -0.39 is 0 Å². The first-order valence-corrected chi connectivity index (χ1v) is 13.9. The number of ether oxygens (including phenoxy) is 3. The number of methoxy groups -OCH3 is 2. The molecule has 3 aromatic rings. The Bertz CT molecular complexity index is 1290. The summed E-state index contributed by atoms with van der Waals surface area (Å²) in [7, 11) is 7.38. The Morgan fingerprint density at radius 3 is 2.51 bits per heavy atom. The van der Waals surface area contributed by atoms with Crippen LogP contribution in [0.15, 0.2) is 18.3 Å². The second-order valence-corrected chi connectivity index (χ2v) is 10.9. The van der Waals surface area contributed by atoms with E-state index in [9.17, 15) is 0 Å². The van der Waals surface area contributed by atoms with Gasteiger partial charge in [-0.3, -0.25) is 4.90 Å². The molecule has 1 aromatic carbocycles. The maximum atomic E-state index is 6.74. The molecule has 2 N–H and O–H groups in total. The minimum absolute atomic E-state index is 0.188. The van der Waals surface area contributed by atoms with Crippen molar-refractivity contribution in [3.05, 3.63) is 28.4 Å². The van der Waals surface area contributed by atoms with Gasteiger partial charge in [0.25, 0.3) is 0 Å². The molecule has 10 nitrogen and oxygen atoms in total. The number of hydrogen-bond donors (Lipinski definition) is 2. The summed E-state index contributed by atoms with van der Waals surface area (Å²) in [6.07, 6.45) is 3.88. The number of aromatic nitrogens is 3. The summed E-state index contributed by atoms with van der Waals surface area (Å²) in [4.78, 5) is 19.1. The third-order valence-corrected chi connectivity index (χ3v) is 8.11. The first-order valence-electron chi connectivity index (χ1n) is 13.1. The smallest absolute Gasteiger partial charge is 0.223 e. The number of nitrogens with one attached hydrogen (secondary N) is 2. The number of fused-ring (bicyclic) bond motifs is 1. The number of likely N-dealkylation sites (tertiary alicyclic amines) is 1. The van der Waals surface area contributed by atoms with Gasteiger partial charge in [-0.25, -0.2) is 15.0 Å². The molecule has 0 radical (unpaired) electrons. The van der Waals surface area contributed by atoms with E-state index in [-0.39, 0.29) is 6.04 Å². The molecule has 12 heteroatoms. The molecule has 2 unspecified atom stereocenters. The SMILES string of the molecule is COc1cc(OC)c(Cl)c(-c2cc3cnc(NC4CCOC4)nc3c(NCCN3CCC(N(C)C)C3)n2)c1Cl. The second kappa shape index (κ2) is 12.3. The number of halogens is 2. The maximum absolute atomic E-state index is 6.74. The number of likely N-dealkylation sites (N-methyl/N-ethyl adjacent to an activating group) is 1. The molecular formula is C27H35Cl2N7O3. The molecule has 5 rings (SSSR count). The fourth-order valence-electron chi connectivity index (χ4n) is 5.07. The summed E-state index contributed by atoms with van der Waals surface area (Å²) in [6.45, 7) is 5.10. The molecule has 0 amide bonds. The monoisotopic (exact) mass is 575 g/mol. The van der Waals surface area contributed by atoms with Crippen molar-refractivity contribution in [2.75, 3.05) is 78.3 Å². The predicted octanol–water partition coefficient (Wildman–Crippen LogP) is 4.26. The van der Waals surface area contributed by atoms with E-state index in [1.165, 1.54) is 6.42 Å². The molecular weight excluding hydrogens is 541 g/mol. The van der Waals surface area contributed by atoms with E-state index in [0.717, 1.165) is 38.0 Å². The summed E-state index contributed by atoms with van der Waals surface area (Å²) >= 11 is 13.5. The molecule has 2 saturated heterocycles. The molecule has 39 heavy (non-hydrogen) atoms. The van der Waals surface area contributed by atoms with E-state index in [1.54, 1.807) is 26.5 Å². The number of benzene rings is 1. The molecule has 0 saturated carbocycles. The van der Waals surface area contributed by atoms with Gasteiger partial charge in [0.05, 0.1) is 42.6 Å². The van der Waals surface area contributed by atoms with Gasteiger partial charge in [-0.1, -0.05) is 23.2 Å². The molecule has 2 fully saturated rings. The van der Waals surface area contributed by atoms with Crippen molar-refractivity contribution >= 4 is 45.9 Å². The van der Waals surface area contributed by atoms with Crippen LogP contribution in [0.2, 0.25) is 10.0 Å². The van der Waals surface area contributed by atoms with Crippen LogP contribution in [0.4, 0.5) is 11.8 Å². The summed E-state index contributed by atoms with van der Waals surface area (Å²) < 4.78 is 16.5. The Balaban J connectivity index is 1.50. The third kappa shape index (κ3) is 6.10. The topological polar surface area (TPSA) is 96.9 Å². The van der Waals surface area contributed by atoms with Gasteiger partial charge >= 0.3 is 0 Å². The largest absolute Gasteiger partial charge is 0.495 e. The van der Waals surface area contributed by atoms with Crippen LogP contribution in [-0.4, -0.2) is 105 Å². The zero-order valence-corrected chi connectivity index (χ0v) is 24.3. The van der Waals surface area contributed by atoms with Crippen molar-refractivity contribution in [3.63, 3.8) is 0 Å². The number of rotatable bonds is 10. The van der Waals surface area contributed by atoms with Crippen LogP contribution in [-0.2, 0) is 4.74 Å². The van der Waals surface area contributed by atoms with E-state index >= 15 is 0 Å². The average molecular weight is 577 g/mol. The fraction of sp³-hybridized carbons (Fsp3) is 0.519. The van der Waals surface area contributed by atoms with Gasteiger partial charge in [-0.15, -0.1) is 0 Å². The average Bonchev–Trinajstić information content (AvgIpc) is 3.62. The third-order valence-electron chi connectivity index (χ3n) is 7.36. The number of anilines is 2. The molecule has 2 atom stereocenters. The van der Waals surface area contributed by atoms with E-state index in [0.29, 0.717) is 69.3 Å². The highest BCUT2D eigenvalue weighted by Crippen LogP contribution is 2.46. The molecule has 2 aliphatic rings. The number of nitrogens with zero attached hydrogens (tertiary/aromatic N) is 5. The molecule has 4 heterocycles. The van der Waals surface area contributed by atoms with Crippen LogP contribution in [0.1, 0.15) is 12.8 Å². The Morgan fingerprint density at radius 1 is 1.10 bits per heavy atom. The van der Waals surface area contributed by atoms with Crippen molar-refractivity contribution in [2.24, 2.45) is 0 Å². The minimum atomic E-state index is 0.188. The van der Waals surface area contributed by atoms with Crippen molar-refractivity contribution in [2.45, 2.75) is 24.9 Å². The van der Waals surface area contributed by atoms with Crippen LogP contribution in [0.25, 0.3) is 22.2 Å². The van der Waals surface area contributed by atoms with E-state index in [4.69, 9.17) is 47.4 Å². The van der Waals surface area contributed by atoms with Crippen LogP contribution in [0, 0.1) is 0 Å². The second-order valence-electron chi connectivity index (χ2n) is 10.1. The van der Waals surface area contributed by atoms with E-state index in [2.05, 4.69) is 39.5 Å². The highest BCUT2D eigenvalue weighted by Gasteiger charge is 2.25. The van der Waals surface area contributed by atoms with Crippen LogP contribution >= 0.6 is 23.2 Å². The highest BCUT2D eigenvalue weighted by molar-refractivity contribution is 6.41.